The highest BCUT2D eigenvalue weighted by Gasteiger charge is 2.70. The number of ether oxygens (including phenoxy) is 2. The van der Waals surface area contributed by atoms with Crippen LogP contribution in [0.4, 0.5) is 0 Å². The first-order valence-electron chi connectivity index (χ1n) is 16.2. The van der Waals surface area contributed by atoms with Crippen LogP contribution < -0.4 is 0 Å². The van der Waals surface area contributed by atoms with Crippen LogP contribution >= 0.6 is 0 Å². The highest BCUT2D eigenvalue weighted by Crippen LogP contribution is 2.69. The summed E-state index contributed by atoms with van der Waals surface area (Å²) >= 11 is 0. The highest BCUT2D eigenvalue weighted by atomic mass is 16.7. The van der Waals surface area contributed by atoms with Crippen LogP contribution in [0.25, 0.3) is 0 Å². The molecule has 0 aromatic rings. The third-order valence-electron chi connectivity index (χ3n) is 12.9. The molecule has 4 saturated carbocycles. The van der Waals surface area contributed by atoms with E-state index in [4.69, 9.17) is 9.47 Å². The first kappa shape index (κ1) is 32.0. The van der Waals surface area contributed by atoms with Crippen LogP contribution in [0.5, 0.6) is 0 Å². The third-order valence-corrected chi connectivity index (χ3v) is 12.9. The van der Waals surface area contributed by atoms with E-state index in [1.54, 1.807) is 0 Å². The summed E-state index contributed by atoms with van der Waals surface area (Å²) in [6.45, 7) is 10.4. The van der Waals surface area contributed by atoms with Gasteiger partial charge in [0.15, 0.2) is 6.29 Å². The second kappa shape index (κ2) is 11.5. The molecule has 16 atom stereocenters. The zero-order valence-corrected chi connectivity index (χ0v) is 25.6. The van der Waals surface area contributed by atoms with Gasteiger partial charge >= 0.3 is 0 Å². The van der Waals surface area contributed by atoms with Crippen LogP contribution in [0.1, 0.15) is 92.4 Å². The molecule has 0 aromatic carbocycles. The second-order valence-corrected chi connectivity index (χ2v) is 15.5. The molecule has 5 rings (SSSR count). The zero-order chi connectivity index (χ0) is 30.1. The summed E-state index contributed by atoms with van der Waals surface area (Å²) < 4.78 is 11.7. The highest BCUT2D eigenvalue weighted by molar-refractivity contribution is 5.20. The molecule has 1 saturated heterocycles. The smallest absolute Gasteiger partial charge is 0.186 e. The van der Waals surface area contributed by atoms with Gasteiger partial charge in [-0.25, -0.2) is 0 Å². The minimum atomic E-state index is -1.22. The van der Waals surface area contributed by atoms with Crippen LogP contribution in [0.15, 0.2) is 0 Å². The predicted molar refractivity (Wildman–Crippen MR) is 151 cm³/mol. The molecule has 7 N–H and O–H groups in total. The topological polar surface area (TPSA) is 160 Å². The molecule has 9 nitrogen and oxygen atoms in total. The molecule has 4 aliphatic carbocycles. The maximum Gasteiger partial charge on any atom is 0.186 e. The molecular weight excluding hydrogens is 528 g/mol. The van der Waals surface area contributed by atoms with Crippen molar-refractivity contribution < 1.29 is 45.2 Å². The Kier molecular flexibility index (Phi) is 9.01. The fraction of sp³-hybridized carbons (Fsp3) is 1.00. The summed E-state index contributed by atoms with van der Waals surface area (Å²) in [5.41, 5.74) is -1.66. The first-order valence-corrected chi connectivity index (χ1v) is 16.2. The second-order valence-electron chi connectivity index (χ2n) is 15.5. The number of aliphatic hydroxyl groups excluding tert-OH is 6. The molecule has 0 radical (unpaired) electrons. The molecule has 0 amide bonds. The van der Waals surface area contributed by atoms with Gasteiger partial charge in [-0.2, -0.15) is 0 Å². The van der Waals surface area contributed by atoms with Crippen molar-refractivity contribution in [1.29, 1.82) is 0 Å². The summed E-state index contributed by atoms with van der Waals surface area (Å²) in [6, 6.07) is 0. The molecule has 0 bridgehead atoms. The largest absolute Gasteiger partial charge is 0.394 e. The Hall–Kier alpha value is -0.360. The maximum atomic E-state index is 12.5. The summed E-state index contributed by atoms with van der Waals surface area (Å²) in [5, 5.41) is 75.7. The van der Waals surface area contributed by atoms with Crippen molar-refractivity contribution in [2.45, 2.75) is 147 Å². The van der Waals surface area contributed by atoms with E-state index in [2.05, 4.69) is 34.6 Å². The Morgan fingerprint density at radius 2 is 1.56 bits per heavy atom. The molecular formula is C32H56O9. The molecule has 238 valence electrons. The number of hydrogen-bond donors (Lipinski definition) is 7. The Bertz CT molecular complexity index is 918. The number of hydrogen-bond acceptors (Lipinski definition) is 9. The third kappa shape index (κ3) is 5.23. The Balaban J connectivity index is 1.29. The lowest BCUT2D eigenvalue weighted by molar-refractivity contribution is -0.263. The molecule has 5 fully saturated rings. The van der Waals surface area contributed by atoms with E-state index in [1.165, 1.54) is 0 Å². The molecule has 9 heteroatoms. The average molecular weight is 585 g/mol. The lowest BCUT2D eigenvalue weighted by atomic mass is 9.42. The summed E-state index contributed by atoms with van der Waals surface area (Å²) in [6.07, 6.45) is 0.0535. The molecule has 5 unspecified atom stereocenters. The van der Waals surface area contributed by atoms with Crippen LogP contribution in [0.3, 0.4) is 0 Å². The van der Waals surface area contributed by atoms with Crippen molar-refractivity contribution in [1.82, 2.24) is 0 Å². The number of aliphatic hydroxyl groups is 7. The summed E-state index contributed by atoms with van der Waals surface area (Å²) in [5.74, 6) is 0.243. The fourth-order valence-corrected chi connectivity index (χ4v) is 10.7. The van der Waals surface area contributed by atoms with Crippen molar-refractivity contribution >= 4 is 0 Å². The molecule has 5 aliphatic rings. The van der Waals surface area contributed by atoms with Crippen molar-refractivity contribution in [3.8, 4) is 0 Å². The molecule has 41 heavy (non-hydrogen) atoms. The van der Waals surface area contributed by atoms with Gasteiger partial charge < -0.3 is 45.2 Å². The molecule has 1 heterocycles. The Morgan fingerprint density at radius 3 is 2.20 bits per heavy atom. The van der Waals surface area contributed by atoms with Crippen molar-refractivity contribution in [2.24, 2.45) is 46.3 Å². The average Bonchev–Trinajstić information content (AvgIpc) is 3.34. The van der Waals surface area contributed by atoms with Crippen LogP contribution in [-0.4, -0.2) is 97.0 Å². The zero-order valence-electron chi connectivity index (χ0n) is 25.6. The normalized spacial score (nSPS) is 53.0. The van der Waals surface area contributed by atoms with Crippen molar-refractivity contribution in [3.63, 3.8) is 0 Å². The fourth-order valence-electron chi connectivity index (χ4n) is 10.7. The van der Waals surface area contributed by atoms with Gasteiger partial charge in [0, 0.05) is 12.3 Å². The van der Waals surface area contributed by atoms with E-state index in [-0.39, 0.29) is 58.9 Å². The number of rotatable bonds is 8. The van der Waals surface area contributed by atoms with Gasteiger partial charge in [0.25, 0.3) is 0 Å². The van der Waals surface area contributed by atoms with Crippen LogP contribution in [-0.2, 0) is 9.47 Å². The van der Waals surface area contributed by atoms with Gasteiger partial charge in [0.2, 0.25) is 0 Å². The minimum absolute atomic E-state index is 0.00709. The van der Waals surface area contributed by atoms with Crippen molar-refractivity contribution in [2.75, 3.05) is 6.61 Å². The van der Waals surface area contributed by atoms with E-state index >= 15 is 0 Å². The van der Waals surface area contributed by atoms with Gasteiger partial charge in [-0.3, -0.25) is 0 Å². The SMILES string of the molecule is CC(C)C(CC[C@@H](C)[C@H]1CC(O)[C@@H]2[C@]1(C)CC[C@H]1[C@@]2(O)CC(O)C2CC(O)CC[C@@]21C)O[C@@H]1O[C@@H](CO)[C@H](O)[C@H]1O. The van der Waals surface area contributed by atoms with Gasteiger partial charge in [-0.15, -0.1) is 0 Å². The van der Waals surface area contributed by atoms with E-state index < -0.39 is 55.1 Å². The van der Waals surface area contributed by atoms with Crippen molar-refractivity contribution in [3.05, 3.63) is 0 Å². The summed E-state index contributed by atoms with van der Waals surface area (Å²) in [4.78, 5) is 0. The predicted octanol–water partition coefficient (Wildman–Crippen LogP) is 1.96. The van der Waals surface area contributed by atoms with Gasteiger partial charge in [-0.05, 0) is 91.8 Å². The quantitative estimate of drug-likeness (QED) is 0.226. The van der Waals surface area contributed by atoms with E-state index in [9.17, 15) is 35.7 Å². The van der Waals surface area contributed by atoms with Crippen LogP contribution in [0.2, 0.25) is 0 Å². The summed E-state index contributed by atoms with van der Waals surface area (Å²) in [7, 11) is 0. The van der Waals surface area contributed by atoms with E-state index in [0.29, 0.717) is 25.7 Å². The Morgan fingerprint density at radius 1 is 0.878 bits per heavy atom. The maximum absolute atomic E-state index is 12.5. The number of fused-ring (bicyclic) bond motifs is 5. The van der Waals surface area contributed by atoms with Gasteiger partial charge in [0.05, 0.1) is 36.6 Å². The van der Waals surface area contributed by atoms with Crippen LogP contribution in [0, 0.1) is 46.3 Å². The lowest BCUT2D eigenvalue weighted by Gasteiger charge is -2.66. The van der Waals surface area contributed by atoms with E-state index in [1.807, 2.05) is 0 Å². The molecule has 0 aromatic heterocycles. The minimum Gasteiger partial charge on any atom is -0.394 e. The first-order chi connectivity index (χ1) is 19.2. The van der Waals surface area contributed by atoms with Gasteiger partial charge in [0.1, 0.15) is 18.3 Å². The van der Waals surface area contributed by atoms with Gasteiger partial charge in [-0.1, -0.05) is 34.6 Å². The molecule has 0 spiro atoms. The lowest BCUT2D eigenvalue weighted by Crippen LogP contribution is -2.68. The van der Waals surface area contributed by atoms with E-state index in [0.717, 1.165) is 25.7 Å². The monoisotopic (exact) mass is 584 g/mol. The standard InChI is InChI=1S/C32H56O9/c1-16(2)23(40-29-27(38)26(37)24(15-33)41-29)7-6-17(3)19-13-21(35)28-31(19,5)11-9-25-30(4)10-8-18(34)12-20(30)22(36)14-32(25,28)39/h16-29,33-39H,6-15H2,1-5H3/t17-,18?,19-,20?,21?,22?,23?,24+,25-,26+,27-,28-,29-,30+,31-,32+/m1/s1. The molecule has 1 aliphatic heterocycles. The Labute approximate surface area is 245 Å².